The van der Waals surface area contributed by atoms with Crippen molar-refractivity contribution >= 4 is 12.1 Å². The molecule has 0 spiro atoms. The normalized spacial score (nSPS) is 24.5. The Labute approximate surface area is 130 Å². The van der Waals surface area contributed by atoms with Gasteiger partial charge >= 0.3 is 12.1 Å². The van der Waals surface area contributed by atoms with E-state index in [0.29, 0.717) is 18.8 Å². The second-order valence-electron chi connectivity index (χ2n) is 6.22. The lowest BCUT2D eigenvalue weighted by Gasteiger charge is -2.38. The first-order chi connectivity index (χ1) is 10.5. The fourth-order valence-corrected chi connectivity index (χ4v) is 2.93. The number of amides is 1. The molecular weight excluding hydrogens is 282 g/mol. The third kappa shape index (κ3) is 4.76. The molecular formula is C17H23NO4. The maximum Gasteiger partial charge on any atom is 0.407 e. The first-order valence-electron chi connectivity index (χ1n) is 7.70. The van der Waals surface area contributed by atoms with Crippen molar-refractivity contribution in [2.75, 3.05) is 0 Å². The van der Waals surface area contributed by atoms with Gasteiger partial charge in [-0.15, -0.1) is 0 Å². The average Bonchev–Trinajstić information content (AvgIpc) is 2.49. The molecule has 2 N–H and O–H groups in total. The van der Waals surface area contributed by atoms with Gasteiger partial charge in [-0.2, -0.15) is 0 Å². The Hall–Kier alpha value is -2.04. The Balaban J connectivity index is 1.92. The summed E-state index contributed by atoms with van der Waals surface area (Å²) in [6.07, 6.45) is 2.61. The Morgan fingerprint density at radius 3 is 2.50 bits per heavy atom. The van der Waals surface area contributed by atoms with E-state index in [2.05, 4.69) is 12.2 Å². The van der Waals surface area contributed by atoms with Crippen LogP contribution >= 0.6 is 0 Å². The lowest BCUT2D eigenvalue weighted by molar-refractivity contribution is -0.139. The van der Waals surface area contributed by atoms with E-state index in [4.69, 9.17) is 9.84 Å². The van der Waals surface area contributed by atoms with Crippen LogP contribution in [-0.4, -0.2) is 22.7 Å². The van der Waals surface area contributed by atoms with Gasteiger partial charge in [0.05, 0.1) is 12.0 Å². The minimum Gasteiger partial charge on any atom is -0.481 e. The summed E-state index contributed by atoms with van der Waals surface area (Å²) in [5.74, 6) is -0.318. The second-order valence-corrected chi connectivity index (χ2v) is 6.22. The molecule has 1 aliphatic carbocycles. The smallest absolute Gasteiger partial charge is 0.407 e. The van der Waals surface area contributed by atoms with E-state index in [-0.39, 0.29) is 13.0 Å². The number of carboxylic acids is 1. The zero-order valence-corrected chi connectivity index (χ0v) is 12.9. The number of carbonyl (C=O) groups excluding carboxylic acids is 1. The number of carbonyl (C=O) groups is 2. The summed E-state index contributed by atoms with van der Waals surface area (Å²) < 4.78 is 5.22. The molecule has 0 unspecified atom stereocenters. The Kier molecular flexibility index (Phi) is 5.41. The van der Waals surface area contributed by atoms with Crippen molar-refractivity contribution in [1.82, 2.24) is 5.32 Å². The zero-order chi connectivity index (χ0) is 16.0. The molecule has 0 atom stereocenters. The molecule has 0 aromatic heterocycles. The van der Waals surface area contributed by atoms with Crippen LogP contribution in [0.3, 0.4) is 0 Å². The van der Waals surface area contributed by atoms with Crippen LogP contribution in [-0.2, 0) is 16.1 Å². The molecule has 22 heavy (non-hydrogen) atoms. The number of hydrogen-bond donors (Lipinski definition) is 2. The van der Waals surface area contributed by atoms with E-state index in [0.717, 1.165) is 18.4 Å². The number of carboxylic acid groups (broad SMARTS) is 1. The molecule has 5 heteroatoms. The van der Waals surface area contributed by atoms with E-state index in [9.17, 15) is 9.59 Å². The molecule has 1 fully saturated rings. The third-order valence-electron chi connectivity index (χ3n) is 4.30. The monoisotopic (exact) mass is 305 g/mol. The fraction of sp³-hybridized carbons (Fsp3) is 0.529. The van der Waals surface area contributed by atoms with Gasteiger partial charge in [0.25, 0.3) is 0 Å². The van der Waals surface area contributed by atoms with E-state index in [1.807, 2.05) is 30.3 Å². The molecule has 5 nitrogen and oxygen atoms in total. The van der Waals surface area contributed by atoms with Gasteiger partial charge in [0.1, 0.15) is 6.61 Å². The molecule has 0 aliphatic heterocycles. The van der Waals surface area contributed by atoms with Crippen LogP contribution in [0, 0.1) is 5.92 Å². The fourth-order valence-electron chi connectivity index (χ4n) is 2.93. The zero-order valence-electron chi connectivity index (χ0n) is 12.9. The molecule has 2 rings (SSSR count). The summed E-state index contributed by atoms with van der Waals surface area (Å²) in [6.45, 7) is 2.34. The number of alkyl carbamates (subject to hydrolysis) is 1. The first-order valence-corrected chi connectivity index (χ1v) is 7.70. The van der Waals surface area contributed by atoms with Gasteiger partial charge in [0.2, 0.25) is 0 Å². The van der Waals surface area contributed by atoms with E-state index in [1.54, 1.807) is 0 Å². The third-order valence-corrected chi connectivity index (χ3v) is 4.30. The predicted molar refractivity (Wildman–Crippen MR) is 82.4 cm³/mol. The summed E-state index contributed by atoms with van der Waals surface area (Å²) in [5, 5.41) is 11.9. The van der Waals surface area contributed by atoms with Gasteiger partial charge in [0.15, 0.2) is 0 Å². The minimum absolute atomic E-state index is 0.0554. The number of hydrogen-bond acceptors (Lipinski definition) is 3. The van der Waals surface area contributed by atoms with E-state index < -0.39 is 17.6 Å². The van der Waals surface area contributed by atoms with Crippen LogP contribution in [0.4, 0.5) is 4.79 Å². The molecule has 1 aromatic rings. The largest absolute Gasteiger partial charge is 0.481 e. The molecule has 120 valence electrons. The molecule has 1 saturated carbocycles. The van der Waals surface area contributed by atoms with E-state index >= 15 is 0 Å². The molecule has 1 aliphatic rings. The Morgan fingerprint density at radius 1 is 1.27 bits per heavy atom. The lowest BCUT2D eigenvalue weighted by Crippen LogP contribution is -2.52. The molecule has 0 bridgehead atoms. The highest BCUT2D eigenvalue weighted by Crippen LogP contribution is 2.34. The summed E-state index contributed by atoms with van der Waals surface area (Å²) in [6, 6.07) is 9.41. The Morgan fingerprint density at radius 2 is 1.91 bits per heavy atom. The summed E-state index contributed by atoms with van der Waals surface area (Å²) >= 11 is 0. The first kappa shape index (κ1) is 16.3. The average molecular weight is 305 g/mol. The quantitative estimate of drug-likeness (QED) is 0.875. The Bertz CT molecular complexity index is 507. The van der Waals surface area contributed by atoms with Crippen molar-refractivity contribution in [1.29, 1.82) is 0 Å². The second kappa shape index (κ2) is 7.29. The molecule has 0 heterocycles. The number of nitrogens with one attached hydrogen (secondary N) is 1. The van der Waals surface area contributed by atoms with Crippen molar-refractivity contribution in [3.63, 3.8) is 0 Å². The SMILES string of the molecule is CC1CCC(CC(=O)O)(NC(=O)OCc2ccccc2)CC1. The molecule has 0 radical (unpaired) electrons. The highest BCUT2D eigenvalue weighted by atomic mass is 16.5. The molecule has 1 amide bonds. The van der Waals surface area contributed by atoms with Crippen molar-refractivity contribution in [2.24, 2.45) is 5.92 Å². The van der Waals surface area contributed by atoms with Gasteiger partial charge in [-0.05, 0) is 37.2 Å². The summed E-state index contributed by atoms with van der Waals surface area (Å²) in [5.41, 5.74) is 0.230. The number of rotatable bonds is 5. The van der Waals surface area contributed by atoms with Crippen LogP contribution in [0.25, 0.3) is 0 Å². The summed E-state index contributed by atoms with van der Waals surface area (Å²) in [7, 11) is 0. The van der Waals surface area contributed by atoms with Crippen LogP contribution < -0.4 is 5.32 Å². The van der Waals surface area contributed by atoms with Crippen LogP contribution in [0.2, 0.25) is 0 Å². The van der Waals surface area contributed by atoms with Gasteiger partial charge in [-0.25, -0.2) is 4.79 Å². The van der Waals surface area contributed by atoms with Crippen molar-refractivity contribution in [3.8, 4) is 0 Å². The van der Waals surface area contributed by atoms with Gasteiger partial charge in [0, 0.05) is 0 Å². The van der Waals surface area contributed by atoms with Crippen LogP contribution in [0.5, 0.6) is 0 Å². The minimum atomic E-state index is -0.891. The maximum atomic E-state index is 12.0. The van der Waals surface area contributed by atoms with E-state index in [1.165, 1.54) is 0 Å². The number of ether oxygens (including phenoxy) is 1. The van der Waals surface area contributed by atoms with Gasteiger partial charge in [-0.1, -0.05) is 37.3 Å². The number of benzene rings is 1. The van der Waals surface area contributed by atoms with Crippen molar-refractivity contribution in [2.45, 2.75) is 51.2 Å². The van der Waals surface area contributed by atoms with Crippen LogP contribution in [0.1, 0.15) is 44.6 Å². The van der Waals surface area contributed by atoms with Gasteiger partial charge in [-0.3, -0.25) is 4.79 Å². The summed E-state index contributed by atoms with van der Waals surface area (Å²) in [4.78, 5) is 23.1. The topological polar surface area (TPSA) is 75.6 Å². The lowest BCUT2D eigenvalue weighted by atomic mass is 9.75. The van der Waals surface area contributed by atoms with Gasteiger partial charge < -0.3 is 15.2 Å². The molecule has 1 aromatic carbocycles. The van der Waals surface area contributed by atoms with Crippen molar-refractivity contribution < 1.29 is 19.4 Å². The van der Waals surface area contributed by atoms with Crippen LogP contribution in [0.15, 0.2) is 30.3 Å². The molecule has 0 saturated heterocycles. The predicted octanol–water partition coefficient (Wildman–Crippen LogP) is 3.34. The highest BCUT2D eigenvalue weighted by molar-refractivity contribution is 5.72. The van der Waals surface area contributed by atoms with Crippen molar-refractivity contribution in [3.05, 3.63) is 35.9 Å². The highest BCUT2D eigenvalue weighted by Gasteiger charge is 2.38. The standard InChI is InChI=1S/C17H23NO4/c1-13-7-9-17(10-8-13,11-15(19)20)18-16(21)22-12-14-5-3-2-4-6-14/h2-6,13H,7-12H2,1H3,(H,18,21)(H,19,20). The maximum absolute atomic E-state index is 12.0. The number of aliphatic carboxylic acids is 1.